The van der Waals surface area contributed by atoms with Gasteiger partial charge in [0.05, 0.1) is 28.9 Å². The maximum Gasteiger partial charge on any atom is 0.242 e. The molecule has 0 aliphatic heterocycles. The summed E-state index contributed by atoms with van der Waals surface area (Å²) in [6.07, 6.45) is 7.76. The largest absolute Gasteiger partial charge is 0.353 e. The van der Waals surface area contributed by atoms with Gasteiger partial charge in [-0.15, -0.1) is 0 Å². The van der Waals surface area contributed by atoms with Crippen LogP contribution in [0.1, 0.15) is 48.9 Å². The number of halogens is 2. The molecule has 0 bridgehead atoms. The molecule has 4 rings (SSSR count). The molecule has 1 fully saturated rings. The van der Waals surface area contributed by atoms with E-state index in [1.807, 2.05) is 6.92 Å². The first-order valence-electron chi connectivity index (χ1n) is 12.9. The molecule has 11 heteroatoms. The second-order valence-electron chi connectivity index (χ2n) is 10.1. The van der Waals surface area contributed by atoms with E-state index in [1.54, 1.807) is 24.4 Å². The first-order valence-corrected chi connectivity index (χ1v) is 14.4. The Bertz CT molecular complexity index is 1460. The average Bonchev–Trinajstić information content (AvgIpc) is 2.89. The lowest BCUT2D eigenvalue weighted by Gasteiger charge is -2.23. The van der Waals surface area contributed by atoms with Crippen molar-refractivity contribution >= 4 is 33.3 Å². The maximum absolute atomic E-state index is 13.5. The SMILES string of the molecule is Cc1ccc(S(=O)(=O)N(C)C)cc1Nc1cnc(NC(=O)Cc2ccc(F)c(F)c2)nc1CC1CCCCC1. The van der Waals surface area contributed by atoms with Gasteiger partial charge >= 0.3 is 0 Å². The normalized spacial score (nSPS) is 14.4. The van der Waals surface area contributed by atoms with E-state index in [9.17, 15) is 22.0 Å². The van der Waals surface area contributed by atoms with Crippen LogP contribution in [0, 0.1) is 24.5 Å². The molecule has 1 amide bonds. The Morgan fingerprint density at radius 1 is 1.03 bits per heavy atom. The van der Waals surface area contributed by atoms with Gasteiger partial charge in [0.2, 0.25) is 21.9 Å². The number of amides is 1. The summed E-state index contributed by atoms with van der Waals surface area (Å²) in [5.41, 5.74) is 3.12. The number of benzene rings is 2. The Hall–Kier alpha value is -3.44. The number of anilines is 3. The zero-order valence-corrected chi connectivity index (χ0v) is 23.1. The molecule has 0 saturated heterocycles. The highest BCUT2D eigenvalue weighted by Gasteiger charge is 2.21. The Labute approximate surface area is 227 Å². The van der Waals surface area contributed by atoms with Crippen LogP contribution in [0.2, 0.25) is 0 Å². The molecule has 1 heterocycles. The first-order chi connectivity index (χ1) is 18.5. The summed E-state index contributed by atoms with van der Waals surface area (Å²) in [5.74, 6) is -1.90. The van der Waals surface area contributed by atoms with Crippen molar-refractivity contribution in [2.24, 2.45) is 5.92 Å². The Morgan fingerprint density at radius 2 is 1.77 bits per heavy atom. The number of hydrogen-bond acceptors (Lipinski definition) is 6. The highest BCUT2D eigenvalue weighted by Crippen LogP contribution is 2.31. The molecule has 208 valence electrons. The molecule has 2 aromatic carbocycles. The van der Waals surface area contributed by atoms with Crippen molar-refractivity contribution in [3.63, 3.8) is 0 Å². The van der Waals surface area contributed by atoms with Crippen LogP contribution in [0.5, 0.6) is 0 Å². The molecule has 39 heavy (non-hydrogen) atoms. The van der Waals surface area contributed by atoms with Crippen LogP contribution < -0.4 is 10.6 Å². The van der Waals surface area contributed by atoms with E-state index in [0.29, 0.717) is 35.0 Å². The number of aryl methyl sites for hydroxylation is 1. The lowest BCUT2D eigenvalue weighted by molar-refractivity contribution is -0.115. The summed E-state index contributed by atoms with van der Waals surface area (Å²) >= 11 is 0. The summed E-state index contributed by atoms with van der Waals surface area (Å²) < 4.78 is 53.3. The average molecular weight is 558 g/mol. The lowest BCUT2D eigenvalue weighted by Crippen LogP contribution is -2.22. The third-order valence-electron chi connectivity index (χ3n) is 6.93. The molecule has 1 aliphatic carbocycles. The summed E-state index contributed by atoms with van der Waals surface area (Å²) in [7, 11) is -0.654. The van der Waals surface area contributed by atoms with Crippen molar-refractivity contribution < 1.29 is 22.0 Å². The quantitative estimate of drug-likeness (QED) is 0.367. The van der Waals surface area contributed by atoms with E-state index in [4.69, 9.17) is 0 Å². The minimum absolute atomic E-state index is 0.111. The number of rotatable bonds is 9. The zero-order chi connectivity index (χ0) is 28.2. The van der Waals surface area contributed by atoms with E-state index in [-0.39, 0.29) is 17.3 Å². The first kappa shape index (κ1) is 28.6. The van der Waals surface area contributed by atoms with Crippen molar-refractivity contribution in [2.45, 2.75) is 56.8 Å². The van der Waals surface area contributed by atoms with E-state index >= 15 is 0 Å². The van der Waals surface area contributed by atoms with Gasteiger partial charge in [-0.25, -0.2) is 31.5 Å². The van der Waals surface area contributed by atoms with Crippen LogP contribution in [-0.2, 0) is 27.7 Å². The van der Waals surface area contributed by atoms with Gasteiger partial charge in [0, 0.05) is 19.8 Å². The molecular weight excluding hydrogens is 524 g/mol. The molecule has 3 aromatic rings. The van der Waals surface area contributed by atoms with Gasteiger partial charge in [-0.05, 0) is 54.7 Å². The monoisotopic (exact) mass is 557 g/mol. The van der Waals surface area contributed by atoms with Crippen LogP contribution in [0.15, 0.2) is 47.5 Å². The number of carbonyl (C=O) groups excluding carboxylic acids is 1. The number of carbonyl (C=O) groups is 1. The standard InChI is InChI=1S/C28H33F2N5O3S/c1-18-9-11-21(39(37,38)35(2)3)16-24(18)32-26-17-31-28(33-25(26)14-19-7-5-4-6-8-19)34-27(36)15-20-10-12-22(29)23(30)13-20/h9-13,16-17,19,32H,4-8,14-15H2,1-3H3,(H,31,33,34,36). The van der Waals surface area contributed by atoms with E-state index in [0.717, 1.165) is 47.7 Å². The van der Waals surface area contributed by atoms with Crippen molar-refractivity contribution in [3.8, 4) is 0 Å². The minimum atomic E-state index is -3.62. The molecule has 2 N–H and O–H groups in total. The molecule has 8 nitrogen and oxygen atoms in total. The molecule has 1 aromatic heterocycles. The van der Waals surface area contributed by atoms with Crippen molar-refractivity contribution in [1.29, 1.82) is 0 Å². The molecule has 0 radical (unpaired) electrons. The Kier molecular flexibility index (Phi) is 8.91. The highest BCUT2D eigenvalue weighted by molar-refractivity contribution is 7.89. The second kappa shape index (κ2) is 12.2. The zero-order valence-electron chi connectivity index (χ0n) is 22.3. The summed E-state index contributed by atoms with van der Waals surface area (Å²) in [5, 5.41) is 5.97. The van der Waals surface area contributed by atoms with Crippen molar-refractivity contribution in [2.75, 3.05) is 24.7 Å². The van der Waals surface area contributed by atoms with Gasteiger partial charge in [-0.2, -0.15) is 0 Å². The third kappa shape index (κ3) is 7.15. The van der Waals surface area contributed by atoms with Gasteiger partial charge in [-0.3, -0.25) is 10.1 Å². The topological polar surface area (TPSA) is 104 Å². The molecular formula is C28H33F2N5O3S. The van der Waals surface area contributed by atoms with Gasteiger partial charge in [0.25, 0.3) is 0 Å². The number of nitrogens with zero attached hydrogens (tertiary/aromatic N) is 3. The highest BCUT2D eigenvalue weighted by atomic mass is 32.2. The Balaban J connectivity index is 1.59. The fourth-order valence-corrected chi connectivity index (χ4v) is 5.59. The molecule has 0 spiro atoms. The van der Waals surface area contributed by atoms with Crippen molar-refractivity contribution in [1.82, 2.24) is 14.3 Å². The summed E-state index contributed by atoms with van der Waals surface area (Å²) in [6.45, 7) is 1.88. The predicted octanol–water partition coefficient (Wildman–Crippen LogP) is 5.36. The fourth-order valence-electron chi connectivity index (χ4n) is 4.66. The summed E-state index contributed by atoms with van der Waals surface area (Å²) in [6, 6.07) is 8.23. The van der Waals surface area contributed by atoms with E-state index in [2.05, 4.69) is 20.6 Å². The number of hydrogen-bond donors (Lipinski definition) is 2. The minimum Gasteiger partial charge on any atom is -0.353 e. The maximum atomic E-state index is 13.5. The van der Waals surface area contributed by atoms with E-state index in [1.165, 1.54) is 26.6 Å². The predicted molar refractivity (Wildman–Crippen MR) is 146 cm³/mol. The van der Waals surface area contributed by atoms with Gasteiger partial charge in [0.15, 0.2) is 11.6 Å². The second-order valence-corrected chi connectivity index (χ2v) is 12.3. The molecule has 0 unspecified atom stereocenters. The van der Waals surface area contributed by atoms with Crippen LogP contribution in [0.4, 0.5) is 26.1 Å². The number of sulfonamides is 1. The van der Waals surface area contributed by atoms with Crippen LogP contribution in [0.25, 0.3) is 0 Å². The van der Waals surface area contributed by atoms with Crippen LogP contribution in [-0.4, -0.2) is 42.7 Å². The lowest BCUT2D eigenvalue weighted by atomic mass is 9.86. The van der Waals surface area contributed by atoms with Gasteiger partial charge in [-0.1, -0.05) is 44.2 Å². The van der Waals surface area contributed by atoms with Crippen molar-refractivity contribution in [3.05, 3.63) is 71.1 Å². The van der Waals surface area contributed by atoms with Gasteiger partial charge in [0.1, 0.15) is 0 Å². The number of nitrogens with one attached hydrogen (secondary N) is 2. The smallest absolute Gasteiger partial charge is 0.242 e. The number of aromatic nitrogens is 2. The van der Waals surface area contributed by atoms with E-state index < -0.39 is 27.6 Å². The Morgan fingerprint density at radius 3 is 2.46 bits per heavy atom. The van der Waals surface area contributed by atoms with Gasteiger partial charge < -0.3 is 5.32 Å². The molecule has 1 saturated carbocycles. The molecule has 0 atom stereocenters. The van der Waals surface area contributed by atoms with Crippen LogP contribution in [0.3, 0.4) is 0 Å². The third-order valence-corrected chi connectivity index (χ3v) is 8.74. The summed E-state index contributed by atoms with van der Waals surface area (Å²) in [4.78, 5) is 21.7. The molecule has 1 aliphatic rings. The van der Waals surface area contributed by atoms with Crippen LogP contribution >= 0.6 is 0 Å². The fraction of sp³-hybridized carbons (Fsp3) is 0.393.